The van der Waals surface area contributed by atoms with Crippen molar-refractivity contribution >= 4 is 5.97 Å². The van der Waals surface area contributed by atoms with Crippen LogP contribution in [0.5, 0.6) is 5.75 Å². The number of halogens is 3. The van der Waals surface area contributed by atoms with Gasteiger partial charge < -0.3 is 9.84 Å². The number of carbonyl (C=O) groups is 1. The molecular formula is C20H20F3NO3. The lowest BCUT2D eigenvalue weighted by molar-refractivity contribution is -0.141. The van der Waals surface area contributed by atoms with Crippen LogP contribution >= 0.6 is 0 Å². The third kappa shape index (κ3) is 5.23. The summed E-state index contributed by atoms with van der Waals surface area (Å²) in [6, 6.07) is 12.4. The van der Waals surface area contributed by atoms with E-state index >= 15 is 0 Å². The Morgan fingerprint density at radius 3 is 2.52 bits per heavy atom. The molecule has 0 amide bonds. The molecule has 27 heavy (non-hydrogen) atoms. The van der Waals surface area contributed by atoms with E-state index in [-0.39, 0.29) is 12.5 Å². The molecular weight excluding hydrogens is 359 g/mol. The molecule has 1 aliphatic rings. The molecule has 1 atom stereocenters. The molecule has 0 spiro atoms. The van der Waals surface area contributed by atoms with Gasteiger partial charge in [0.2, 0.25) is 0 Å². The summed E-state index contributed by atoms with van der Waals surface area (Å²) in [5.74, 6) is -0.489. The zero-order chi connectivity index (χ0) is 19.4. The highest BCUT2D eigenvalue weighted by atomic mass is 19.4. The Bertz CT molecular complexity index is 790. The van der Waals surface area contributed by atoms with Crippen LogP contribution in [-0.2, 0) is 24.1 Å². The quantitative estimate of drug-likeness (QED) is 0.818. The van der Waals surface area contributed by atoms with Gasteiger partial charge in [0.15, 0.2) is 0 Å². The van der Waals surface area contributed by atoms with Crippen LogP contribution in [0.4, 0.5) is 13.2 Å². The molecule has 7 heteroatoms. The number of carboxylic acid groups (broad SMARTS) is 1. The van der Waals surface area contributed by atoms with Crippen LogP contribution in [0.1, 0.15) is 23.1 Å². The zero-order valence-electron chi connectivity index (χ0n) is 14.6. The highest BCUT2D eigenvalue weighted by Gasteiger charge is 2.30. The summed E-state index contributed by atoms with van der Waals surface area (Å²) in [6.45, 7) is 2.02. The second-order valence-corrected chi connectivity index (χ2v) is 6.69. The van der Waals surface area contributed by atoms with E-state index in [1.54, 1.807) is 18.2 Å². The van der Waals surface area contributed by atoms with Gasteiger partial charge in [-0.2, -0.15) is 13.2 Å². The largest absolute Gasteiger partial charge is 0.489 e. The fourth-order valence-corrected chi connectivity index (χ4v) is 3.13. The highest BCUT2D eigenvalue weighted by molar-refractivity contribution is 5.70. The third-order valence-corrected chi connectivity index (χ3v) is 4.61. The lowest BCUT2D eigenvalue weighted by atomic mass is 10.1. The lowest BCUT2D eigenvalue weighted by Gasteiger charge is -2.15. The molecule has 1 fully saturated rings. The van der Waals surface area contributed by atoms with Crippen LogP contribution in [0.2, 0.25) is 0 Å². The molecule has 1 N–H and O–H groups in total. The van der Waals surface area contributed by atoms with Crippen molar-refractivity contribution in [3.8, 4) is 5.75 Å². The Morgan fingerprint density at radius 2 is 1.89 bits per heavy atom. The summed E-state index contributed by atoms with van der Waals surface area (Å²) in [5.41, 5.74) is 0.794. The van der Waals surface area contributed by atoms with Gasteiger partial charge in [0, 0.05) is 13.1 Å². The Hall–Kier alpha value is -2.54. The minimum Gasteiger partial charge on any atom is -0.489 e. The Balaban J connectivity index is 1.53. The summed E-state index contributed by atoms with van der Waals surface area (Å²) in [7, 11) is 0. The molecule has 0 bridgehead atoms. The SMILES string of the molecule is O=C(O)[C@H]1CCN(Cc2ccc(OCc3cccc(C(F)(F)F)c3)cc2)C1. The van der Waals surface area contributed by atoms with E-state index in [1.165, 1.54) is 6.07 Å². The molecule has 1 saturated heterocycles. The number of rotatable bonds is 6. The maximum absolute atomic E-state index is 12.7. The van der Waals surface area contributed by atoms with Gasteiger partial charge in [-0.1, -0.05) is 24.3 Å². The van der Waals surface area contributed by atoms with Crippen molar-refractivity contribution in [3.05, 3.63) is 65.2 Å². The average Bonchev–Trinajstić information content (AvgIpc) is 3.10. The van der Waals surface area contributed by atoms with Crippen molar-refractivity contribution in [1.82, 2.24) is 4.90 Å². The lowest BCUT2D eigenvalue weighted by Crippen LogP contribution is -2.22. The van der Waals surface area contributed by atoms with Crippen LogP contribution in [-0.4, -0.2) is 29.1 Å². The van der Waals surface area contributed by atoms with Gasteiger partial charge in [0.05, 0.1) is 11.5 Å². The first-order valence-corrected chi connectivity index (χ1v) is 8.64. The van der Waals surface area contributed by atoms with Crippen molar-refractivity contribution < 1.29 is 27.8 Å². The number of hydrogen-bond acceptors (Lipinski definition) is 3. The number of nitrogens with zero attached hydrogens (tertiary/aromatic N) is 1. The smallest absolute Gasteiger partial charge is 0.416 e. The second-order valence-electron chi connectivity index (χ2n) is 6.69. The number of aliphatic carboxylic acids is 1. The van der Waals surface area contributed by atoms with Crippen molar-refractivity contribution in [2.45, 2.75) is 25.7 Å². The van der Waals surface area contributed by atoms with E-state index in [4.69, 9.17) is 9.84 Å². The molecule has 0 aliphatic carbocycles. The predicted octanol–water partition coefficient (Wildman–Crippen LogP) is 4.19. The Labute approximate surface area is 155 Å². The number of hydrogen-bond donors (Lipinski definition) is 1. The molecule has 1 heterocycles. The number of ether oxygens (including phenoxy) is 1. The minimum atomic E-state index is -4.37. The number of carboxylic acids is 1. The van der Waals surface area contributed by atoms with Crippen molar-refractivity contribution in [3.63, 3.8) is 0 Å². The molecule has 0 aromatic heterocycles. The standard InChI is InChI=1S/C20H20F3NO3/c21-20(22,23)17-3-1-2-15(10-17)13-27-18-6-4-14(5-7-18)11-24-9-8-16(12-24)19(25)26/h1-7,10,16H,8-9,11-13H2,(H,25,26)/t16-/m0/s1. The summed E-state index contributed by atoms with van der Waals surface area (Å²) in [4.78, 5) is 13.1. The summed E-state index contributed by atoms with van der Waals surface area (Å²) >= 11 is 0. The molecule has 144 valence electrons. The van der Waals surface area contributed by atoms with Crippen LogP contribution < -0.4 is 4.74 Å². The number of alkyl halides is 3. The van der Waals surface area contributed by atoms with E-state index in [0.717, 1.165) is 24.2 Å². The van der Waals surface area contributed by atoms with Crippen molar-refractivity contribution in [2.75, 3.05) is 13.1 Å². The van der Waals surface area contributed by atoms with Crippen LogP contribution in [0, 0.1) is 5.92 Å². The molecule has 0 unspecified atom stereocenters. The van der Waals surface area contributed by atoms with E-state index in [0.29, 0.717) is 30.8 Å². The first-order valence-electron chi connectivity index (χ1n) is 8.64. The van der Waals surface area contributed by atoms with Crippen LogP contribution in [0.3, 0.4) is 0 Å². The summed E-state index contributed by atoms with van der Waals surface area (Å²) in [6.07, 6.45) is -3.71. The maximum atomic E-state index is 12.7. The first-order chi connectivity index (χ1) is 12.8. The highest BCUT2D eigenvalue weighted by Crippen LogP contribution is 2.29. The zero-order valence-corrected chi connectivity index (χ0v) is 14.6. The van der Waals surface area contributed by atoms with Gasteiger partial charge in [-0.3, -0.25) is 9.69 Å². The predicted molar refractivity (Wildman–Crippen MR) is 93.2 cm³/mol. The van der Waals surface area contributed by atoms with E-state index in [9.17, 15) is 18.0 Å². The number of benzene rings is 2. The topological polar surface area (TPSA) is 49.8 Å². The van der Waals surface area contributed by atoms with Gasteiger partial charge in [-0.15, -0.1) is 0 Å². The normalized spacial score (nSPS) is 17.8. The van der Waals surface area contributed by atoms with E-state index < -0.39 is 17.7 Å². The Morgan fingerprint density at radius 1 is 1.15 bits per heavy atom. The molecule has 2 aromatic rings. The van der Waals surface area contributed by atoms with Crippen LogP contribution in [0.15, 0.2) is 48.5 Å². The van der Waals surface area contributed by atoms with E-state index in [1.807, 2.05) is 12.1 Å². The molecule has 0 saturated carbocycles. The van der Waals surface area contributed by atoms with Gasteiger partial charge in [-0.25, -0.2) is 0 Å². The molecule has 3 rings (SSSR count). The monoisotopic (exact) mass is 379 g/mol. The average molecular weight is 379 g/mol. The fourth-order valence-electron chi connectivity index (χ4n) is 3.13. The van der Waals surface area contributed by atoms with Crippen molar-refractivity contribution in [1.29, 1.82) is 0 Å². The van der Waals surface area contributed by atoms with Gasteiger partial charge >= 0.3 is 12.1 Å². The minimum absolute atomic E-state index is 0.0513. The van der Waals surface area contributed by atoms with Gasteiger partial charge in [0.25, 0.3) is 0 Å². The van der Waals surface area contributed by atoms with Gasteiger partial charge in [0.1, 0.15) is 12.4 Å². The maximum Gasteiger partial charge on any atom is 0.416 e. The fraction of sp³-hybridized carbons (Fsp3) is 0.350. The number of likely N-dealkylation sites (tertiary alicyclic amines) is 1. The van der Waals surface area contributed by atoms with E-state index in [2.05, 4.69) is 4.90 Å². The summed E-state index contributed by atoms with van der Waals surface area (Å²) in [5, 5.41) is 9.04. The molecule has 2 aromatic carbocycles. The summed E-state index contributed by atoms with van der Waals surface area (Å²) < 4.78 is 43.8. The third-order valence-electron chi connectivity index (χ3n) is 4.61. The molecule has 1 aliphatic heterocycles. The van der Waals surface area contributed by atoms with Crippen LogP contribution in [0.25, 0.3) is 0 Å². The second kappa shape index (κ2) is 8.00. The van der Waals surface area contributed by atoms with Gasteiger partial charge in [-0.05, 0) is 48.4 Å². The molecule has 0 radical (unpaired) electrons. The van der Waals surface area contributed by atoms with Crippen molar-refractivity contribution in [2.24, 2.45) is 5.92 Å². The Kier molecular flexibility index (Phi) is 5.70. The first kappa shape index (κ1) is 19.2. The molecule has 4 nitrogen and oxygen atoms in total.